The van der Waals surface area contributed by atoms with Crippen LogP contribution in [0.5, 0.6) is 0 Å². The van der Waals surface area contributed by atoms with Gasteiger partial charge in [-0.3, -0.25) is 0 Å². The van der Waals surface area contributed by atoms with Crippen LogP contribution in [0.3, 0.4) is 0 Å². The number of likely N-dealkylation sites (N-methyl/N-ethyl adjacent to an activating group) is 1. The van der Waals surface area contributed by atoms with Gasteiger partial charge in [0.2, 0.25) is 0 Å². The van der Waals surface area contributed by atoms with Crippen molar-refractivity contribution in [3.8, 4) is 0 Å². The minimum Gasteiger partial charge on any atom is -0.375 e. The van der Waals surface area contributed by atoms with E-state index in [0.29, 0.717) is 5.13 Å². The number of nitrogens with two attached hydrogens (primary N) is 1. The molecule has 0 unspecified atom stereocenters. The highest BCUT2D eigenvalue weighted by Gasteiger charge is 2.04. The Kier molecular flexibility index (Phi) is 6.21. The van der Waals surface area contributed by atoms with Crippen molar-refractivity contribution in [3.63, 3.8) is 0 Å². The summed E-state index contributed by atoms with van der Waals surface area (Å²) in [5.74, 6) is -0.188. The maximum atomic E-state index is 12.7. The summed E-state index contributed by atoms with van der Waals surface area (Å²) < 4.78 is 12.7. The van der Waals surface area contributed by atoms with E-state index < -0.39 is 0 Å². The van der Waals surface area contributed by atoms with Gasteiger partial charge in [-0.1, -0.05) is 12.1 Å². The molecule has 0 atom stereocenters. The summed E-state index contributed by atoms with van der Waals surface area (Å²) in [4.78, 5) is 7.39. The maximum Gasteiger partial charge on any atom is 0.180 e. The van der Waals surface area contributed by atoms with Crippen molar-refractivity contribution in [2.24, 2.45) is 0 Å². The van der Waals surface area contributed by atoms with Crippen LogP contribution in [-0.2, 0) is 13.0 Å². The minimum atomic E-state index is -0.188. The Bertz CT molecular complexity index is 501. The zero-order valence-corrected chi connectivity index (χ0v) is 12.3. The summed E-state index contributed by atoms with van der Waals surface area (Å²) in [6.45, 7) is 1.76. The Morgan fingerprint density at radius 1 is 1.32 bits per heavy atom. The van der Waals surface area contributed by atoms with Gasteiger partial charge in [0, 0.05) is 24.2 Å². The van der Waals surface area contributed by atoms with Crippen LogP contribution in [0.4, 0.5) is 9.52 Å². The maximum absolute atomic E-state index is 12.7. The Morgan fingerprint density at radius 3 is 2.58 bits per heavy atom. The van der Waals surface area contributed by atoms with Gasteiger partial charge in [0.15, 0.2) is 5.13 Å². The third kappa shape index (κ3) is 5.14. The molecule has 19 heavy (non-hydrogen) atoms. The second-order valence-corrected chi connectivity index (χ2v) is 5.43. The lowest BCUT2D eigenvalue weighted by Gasteiger charge is -2.15. The molecule has 0 saturated heterocycles. The predicted molar refractivity (Wildman–Crippen MR) is 80.2 cm³/mol. The highest BCUT2D eigenvalue weighted by Crippen LogP contribution is 2.16. The van der Waals surface area contributed by atoms with E-state index in [4.69, 9.17) is 5.73 Å². The van der Waals surface area contributed by atoms with E-state index >= 15 is 0 Å². The summed E-state index contributed by atoms with van der Waals surface area (Å²) in [6.07, 6.45) is 2.72. The summed E-state index contributed by atoms with van der Waals surface area (Å²) in [5, 5.41) is 0.608. The topological polar surface area (TPSA) is 42.2 Å². The number of rotatable bonds is 5. The first kappa shape index (κ1) is 15.9. The summed E-state index contributed by atoms with van der Waals surface area (Å²) >= 11 is 1.52. The molecule has 104 valence electrons. The number of hydrogen-bond acceptors (Lipinski definition) is 4. The third-order valence-electron chi connectivity index (χ3n) is 2.69. The molecule has 0 radical (unpaired) electrons. The van der Waals surface area contributed by atoms with Gasteiger partial charge in [-0.05, 0) is 31.2 Å². The average Bonchev–Trinajstić information content (AvgIpc) is 2.74. The monoisotopic (exact) mass is 301 g/mol. The van der Waals surface area contributed by atoms with Gasteiger partial charge in [-0.2, -0.15) is 0 Å². The first-order chi connectivity index (χ1) is 8.63. The molecular weight excluding hydrogens is 285 g/mol. The third-order valence-corrected chi connectivity index (χ3v) is 3.50. The highest BCUT2D eigenvalue weighted by atomic mass is 35.5. The minimum absolute atomic E-state index is 0. The number of thiazole rings is 1. The number of nitrogen functional groups attached to an aromatic ring is 1. The molecule has 1 heterocycles. The van der Waals surface area contributed by atoms with Crippen molar-refractivity contribution in [2.45, 2.75) is 13.0 Å². The Balaban J connectivity index is 0.00000180. The second kappa shape index (κ2) is 7.43. The van der Waals surface area contributed by atoms with E-state index in [9.17, 15) is 4.39 Å². The molecule has 0 bridgehead atoms. The van der Waals surface area contributed by atoms with Crippen LogP contribution in [0.2, 0.25) is 0 Å². The van der Waals surface area contributed by atoms with Gasteiger partial charge in [-0.25, -0.2) is 9.37 Å². The molecule has 0 amide bonds. The molecule has 0 fully saturated rings. The lowest BCUT2D eigenvalue weighted by molar-refractivity contribution is 0.334. The first-order valence-corrected chi connectivity index (χ1v) is 6.58. The lowest BCUT2D eigenvalue weighted by Crippen LogP contribution is -2.20. The molecule has 1 aromatic carbocycles. The fraction of sp³-hybridized carbons (Fsp3) is 0.308. The van der Waals surface area contributed by atoms with Crippen LogP contribution in [0.1, 0.15) is 10.4 Å². The summed E-state index contributed by atoms with van der Waals surface area (Å²) in [6, 6.07) is 6.65. The van der Waals surface area contributed by atoms with Gasteiger partial charge < -0.3 is 10.6 Å². The van der Waals surface area contributed by atoms with Crippen LogP contribution in [0.15, 0.2) is 30.5 Å². The van der Waals surface area contributed by atoms with Gasteiger partial charge in [0.05, 0.1) is 0 Å². The molecule has 2 aromatic rings. The average molecular weight is 302 g/mol. The van der Waals surface area contributed by atoms with Crippen molar-refractivity contribution in [1.82, 2.24) is 9.88 Å². The van der Waals surface area contributed by atoms with Crippen molar-refractivity contribution >= 4 is 28.9 Å². The Labute approximate surface area is 122 Å². The normalized spacial score (nSPS) is 10.5. The van der Waals surface area contributed by atoms with Gasteiger partial charge in [-0.15, -0.1) is 23.7 Å². The van der Waals surface area contributed by atoms with E-state index in [1.165, 1.54) is 23.5 Å². The Morgan fingerprint density at radius 2 is 2.00 bits per heavy atom. The molecule has 0 aliphatic rings. The first-order valence-electron chi connectivity index (χ1n) is 5.76. The number of benzene rings is 1. The molecule has 2 rings (SSSR count). The van der Waals surface area contributed by atoms with Crippen molar-refractivity contribution in [1.29, 1.82) is 0 Å². The van der Waals surface area contributed by atoms with E-state index in [1.54, 1.807) is 0 Å². The molecule has 0 spiro atoms. The fourth-order valence-corrected chi connectivity index (χ4v) is 2.48. The largest absolute Gasteiger partial charge is 0.375 e. The highest BCUT2D eigenvalue weighted by molar-refractivity contribution is 7.15. The van der Waals surface area contributed by atoms with E-state index in [-0.39, 0.29) is 18.2 Å². The van der Waals surface area contributed by atoms with Crippen LogP contribution in [0, 0.1) is 5.82 Å². The molecule has 0 saturated carbocycles. The quantitative estimate of drug-likeness (QED) is 0.923. The second-order valence-electron chi connectivity index (χ2n) is 4.28. The fourth-order valence-electron chi connectivity index (χ4n) is 1.71. The summed E-state index contributed by atoms with van der Waals surface area (Å²) in [5.41, 5.74) is 6.73. The number of anilines is 1. The molecule has 0 aliphatic carbocycles. The predicted octanol–water partition coefficient (Wildman–Crippen LogP) is 2.96. The van der Waals surface area contributed by atoms with E-state index in [2.05, 4.69) is 16.9 Å². The standard InChI is InChI=1S/C13H16FN3S.ClH/c1-17(9-12-8-16-13(15)18-12)7-6-10-2-4-11(14)5-3-10;/h2-5,8H,6-7,9H2,1H3,(H2,15,16);1H. The zero-order chi connectivity index (χ0) is 13.0. The molecule has 1 aromatic heterocycles. The number of nitrogens with zero attached hydrogens (tertiary/aromatic N) is 2. The molecule has 3 nitrogen and oxygen atoms in total. The van der Waals surface area contributed by atoms with Crippen LogP contribution >= 0.6 is 23.7 Å². The summed E-state index contributed by atoms with van der Waals surface area (Å²) in [7, 11) is 2.05. The van der Waals surface area contributed by atoms with Gasteiger partial charge >= 0.3 is 0 Å². The van der Waals surface area contributed by atoms with Crippen LogP contribution < -0.4 is 5.73 Å². The SMILES string of the molecule is CN(CCc1ccc(F)cc1)Cc1cnc(N)s1.Cl. The van der Waals surface area contributed by atoms with E-state index in [0.717, 1.165) is 30.0 Å². The van der Waals surface area contributed by atoms with Crippen molar-refractivity contribution < 1.29 is 4.39 Å². The zero-order valence-electron chi connectivity index (χ0n) is 10.7. The van der Waals surface area contributed by atoms with Crippen LogP contribution in [0.25, 0.3) is 0 Å². The van der Waals surface area contributed by atoms with Crippen LogP contribution in [-0.4, -0.2) is 23.5 Å². The number of halogens is 2. The molecule has 2 N–H and O–H groups in total. The van der Waals surface area contributed by atoms with Crippen molar-refractivity contribution in [3.05, 3.63) is 46.7 Å². The smallest absolute Gasteiger partial charge is 0.180 e. The molecule has 6 heteroatoms. The molecule has 0 aliphatic heterocycles. The van der Waals surface area contributed by atoms with E-state index in [1.807, 2.05) is 18.3 Å². The van der Waals surface area contributed by atoms with Crippen molar-refractivity contribution in [2.75, 3.05) is 19.3 Å². The van der Waals surface area contributed by atoms with Gasteiger partial charge in [0.25, 0.3) is 0 Å². The lowest BCUT2D eigenvalue weighted by atomic mass is 10.1. The Hall–Kier alpha value is -1.17. The van der Waals surface area contributed by atoms with Gasteiger partial charge in [0.1, 0.15) is 5.82 Å². The molecular formula is C13H17ClFN3S. The number of aromatic nitrogens is 1. The number of hydrogen-bond donors (Lipinski definition) is 1.